The first-order valence-corrected chi connectivity index (χ1v) is 11.4. The van der Waals surface area contributed by atoms with E-state index in [0.29, 0.717) is 6.10 Å². The molecule has 0 heterocycles. The van der Waals surface area contributed by atoms with E-state index in [4.69, 9.17) is 4.74 Å². The van der Waals surface area contributed by atoms with Gasteiger partial charge in [-0.05, 0) is 111 Å². The SMILES string of the molecule is CCCCc1ccc2c(c1)CCC(C1CCC3C[C@H](OC)CC[C@@H]3C1)C2. The van der Waals surface area contributed by atoms with E-state index in [1.807, 2.05) is 7.11 Å². The Bertz CT molecular complexity index is 592. The maximum Gasteiger partial charge on any atom is 0.0574 e. The van der Waals surface area contributed by atoms with Crippen molar-refractivity contribution in [1.82, 2.24) is 0 Å². The van der Waals surface area contributed by atoms with Crippen LogP contribution in [0.3, 0.4) is 0 Å². The van der Waals surface area contributed by atoms with Gasteiger partial charge in [0, 0.05) is 7.11 Å². The molecule has 1 aromatic rings. The summed E-state index contributed by atoms with van der Waals surface area (Å²) < 4.78 is 5.66. The fraction of sp³-hybridized carbons (Fsp3) is 0.760. The quantitative estimate of drug-likeness (QED) is 0.597. The molecule has 0 saturated heterocycles. The van der Waals surface area contributed by atoms with Crippen LogP contribution in [-0.2, 0) is 24.0 Å². The van der Waals surface area contributed by atoms with Crippen molar-refractivity contribution in [2.75, 3.05) is 7.11 Å². The van der Waals surface area contributed by atoms with Gasteiger partial charge in [0.2, 0.25) is 0 Å². The van der Waals surface area contributed by atoms with E-state index in [1.54, 1.807) is 16.7 Å². The third-order valence-electron chi connectivity index (χ3n) is 7.96. The van der Waals surface area contributed by atoms with Crippen LogP contribution in [0.4, 0.5) is 0 Å². The van der Waals surface area contributed by atoms with Gasteiger partial charge in [-0.15, -0.1) is 0 Å². The Labute approximate surface area is 160 Å². The van der Waals surface area contributed by atoms with Crippen LogP contribution in [0.25, 0.3) is 0 Å². The molecule has 144 valence electrons. The van der Waals surface area contributed by atoms with Gasteiger partial charge >= 0.3 is 0 Å². The lowest BCUT2D eigenvalue weighted by Gasteiger charge is -2.44. The molecule has 2 saturated carbocycles. The topological polar surface area (TPSA) is 9.23 Å². The number of aryl methyl sites for hydroxylation is 2. The van der Waals surface area contributed by atoms with Crippen molar-refractivity contribution >= 4 is 0 Å². The van der Waals surface area contributed by atoms with Crippen LogP contribution < -0.4 is 0 Å². The van der Waals surface area contributed by atoms with E-state index in [0.717, 1.165) is 23.7 Å². The molecule has 2 fully saturated rings. The smallest absolute Gasteiger partial charge is 0.0574 e. The molecule has 3 aliphatic rings. The number of benzene rings is 1. The zero-order chi connectivity index (χ0) is 17.9. The number of hydrogen-bond acceptors (Lipinski definition) is 1. The molecule has 26 heavy (non-hydrogen) atoms. The molecule has 4 rings (SSSR count). The summed E-state index contributed by atoms with van der Waals surface area (Å²) in [7, 11) is 1.91. The van der Waals surface area contributed by atoms with Crippen molar-refractivity contribution in [2.24, 2.45) is 23.7 Å². The van der Waals surface area contributed by atoms with Gasteiger partial charge < -0.3 is 4.74 Å². The van der Waals surface area contributed by atoms with E-state index in [9.17, 15) is 0 Å². The highest BCUT2D eigenvalue weighted by atomic mass is 16.5. The fourth-order valence-corrected chi connectivity index (χ4v) is 6.30. The van der Waals surface area contributed by atoms with Crippen LogP contribution in [0, 0.1) is 23.7 Å². The first-order chi connectivity index (χ1) is 12.8. The zero-order valence-electron chi connectivity index (χ0n) is 17.0. The van der Waals surface area contributed by atoms with E-state index < -0.39 is 0 Å². The van der Waals surface area contributed by atoms with Gasteiger partial charge in [-0.25, -0.2) is 0 Å². The van der Waals surface area contributed by atoms with Crippen molar-refractivity contribution in [3.63, 3.8) is 0 Å². The predicted octanol–water partition coefficient (Wildman–Crippen LogP) is 6.37. The molecule has 3 unspecified atom stereocenters. The minimum Gasteiger partial charge on any atom is -0.381 e. The average molecular weight is 355 g/mol. The molecule has 5 atom stereocenters. The van der Waals surface area contributed by atoms with Crippen LogP contribution in [0.15, 0.2) is 18.2 Å². The molecule has 0 spiro atoms. The van der Waals surface area contributed by atoms with Crippen LogP contribution in [0.2, 0.25) is 0 Å². The Balaban J connectivity index is 1.36. The Hall–Kier alpha value is -0.820. The standard InChI is InChI=1S/C25H38O/c1-3-4-5-18-6-7-20-15-21(9-8-19(20)14-18)22-10-11-24-17-25(26-2)13-12-23(24)16-22/h6-7,14,21-25H,3-5,8-13,15-17H2,1-2H3/t21?,22?,23-,24?,25-/m1/s1. The summed E-state index contributed by atoms with van der Waals surface area (Å²) in [5.74, 6) is 3.90. The van der Waals surface area contributed by atoms with Gasteiger partial charge in [0.1, 0.15) is 0 Å². The molecule has 1 heteroatoms. The second kappa shape index (κ2) is 8.46. The lowest BCUT2D eigenvalue weighted by Crippen LogP contribution is -2.36. The number of unbranched alkanes of at least 4 members (excludes halogenated alkanes) is 1. The maximum absolute atomic E-state index is 5.66. The van der Waals surface area contributed by atoms with Gasteiger partial charge in [-0.2, -0.15) is 0 Å². The predicted molar refractivity (Wildman–Crippen MR) is 110 cm³/mol. The van der Waals surface area contributed by atoms with Gasteiger partial charge in [0.25, 0.3) is 0 Å². The van der Waals surface area contributed by atoms with E-state index in [2.05, 4.69) is 25.1 Å². The Kier molecular flexibility index (Phi) is 6.03. The van der Waals surface area contributed by atoms with Crippen molar-refractivity contribution < 1.29 is 4.74 Å². The highest BCUT2D eigenvalue weighted by molar-refractivity contribution is 5.34. The van der Waals surface area contributed by atoms with Gasteiger partial charge in [-0.1, -0.05) is 31.5 Å². The molecule has 0 N–H and O–H groups in total. The van der Waals surface area contributed by atoms with Crippen molar-refractivity contribution in [1.29, 1.82) is 0 Å². The second-order valence-electron chi connectivity index (χ2n) is 9.47. The summed E-state index contributed by atoms with van der Waals surface area (Å²) >= 11 is 0. The average Bonchev–Trinajstić information content (AvgIpc) is 2.70. The molecule has 0 amide bonds. The zero-order valence-corrected chi connectivity index (χ0v) is 17.0. The molecular weight excluding hydrogens is 316 g/mol. The summed E-state index contributed by atoms with van der Waals surface area (Å²) in [5, 5.41) is 0. The lowest BCUT2D eigenvalue weighted by molar-refractivity contribution is -0.000899. The molecular formula is C25H38O. The molecule has 1 aromatic carbocycles. The Morgan fingerprint density at radius 2 is 1.65 bits per heavy atom. The maximum atomic E-state index is 5.66. The van der Waals surface area contributed by atoms with E-state index >= 15 is 0 Å². The summed E-state index contributed by atoms with van der Waals surface area (Å²) in [6, 6.07) is 7.42. The molecule has 0 radical (unpaired) electrons. The number of methoxy groups -OCH3 is 1. The number of ether oxygens (including phenoxy) is 1. The van der Waals surface area contributed by atoms with Gasteiger partial charge in [0.05, 0.1) is 6.10 Å². The van der Waals surface area contributed by atoms with Crippen molar-refractivity contribution in [3.05, 3.63) is 34.9 Å². The van der Waals surface area contributed by atoms with Crippen LogP contribution >= 0.6 is 0 Å². The Morgan fingerprint density at radius 3 is 2.46 bits per heavy atom. The van der Waals surface area contributed by atoms with Crippen LogP contribution in [0.5, 0.6) is 0 Å². The van der Waals surface area contributed by atoms with Crippen LogP contribution in [0.1, 0.15) is 81.4 Å². The molecule has 0 bridgehead atoms. The molecule has 0 aromatic heterocycles. The van der Waals surface area contributed by atoms with Crippen molar-refractivity contribution in [3.8, 4) is 0 Å². The minimum absolute atomic E-state index is 0.552. The third-order valence-corrected chi connectivity index (χ3v) is 7.96. The number of fused-ring (bicyclic) bond motifs is 2. The van der Waals surface area contributed by atoms with E-state index in [-0.39, 0.29) is 0 Å². The minimum atomic E-state index is 0.552. The third kappa shape index (κ3) is 4.03. The van der Waals surface area contributed by atoms with Crippen LogP contribution in [-0.4, -0.2) is 13.2 Å². The lowest BCUT2D eigenvalue weighted by atomic mass is 9.62. The first kappa shape index (κ1) is 18.5. The second-order valence-corrected chi connectivity index (χ2v) is 9.47. The summed E-state index contributed by atoms with van der Waals surface area (Å²) in [4.78, 5) is 0. The van der Waals surface area contributed by atoms with Crippen molar-refractivity contribution in [2.45, 2.75) is 90.1 Å². The monoisotopic (exact) mass is 354 g/mol. The Morgan fingerprint density at radius 1 is 0.885 bits per heavy atom. The molecule has 1 nitrogen and oxygen atoms in total. The molecule has 0 aliphatic heterocycles. The van der Waals surface area contributed by atoms with Gasteiger partial charge in [0.15, 0.2) is 0 Å². The normalized spacial score (nSPS) is 34.2. The molecule has 3 aliphatic carbocycles. The largest absolute Gasteiger partial charge is 0.381 e. The number of hydrogen-bond donors (Lipinski definition) is 0. The number of rotatable bonds is 5. The van der Waals surface area contributed by atoms with E-state index in [1.165, 1.54) is 77.0 Å². The fourth-order valence-electron chi connectivity index (χ4n) is 6.30. The summed E-state index contributed by atoms with van der Waals surface area (Å²) in [6.45, 7) is 2.29. The van der Waals surface area contributed by atoms with Gasteiger partial charge in [-0.3, -0.25) is 0 Å². The summed E-state index contributed by atoms with van der Waals surface area (Å²) in [5.41, 5.74) is 4.91. The summed E-state index contributed by atoms with van der Waals surface area (Å²) in [6.07, 6.45) is 17.1. The highest BCUT2D eigenvalue weighted by Gasteiger charge is 2.38. The highest BCUT2D eigenvalue weighted by Crippen LogP contribution is 2.47. The first-order valence-electron chi connectivity index (χ1n) is 11.4.